The normalized spacial score (nSPS) is 24.3. The molecular weight excluding hydrogens is 422 g/mol. The molecule has 4 rings (SSSR count). The Kier molecular flexibility index (Phi) is 5.30. The molecule has 0 spiro atoms. The van der Waals surface area contributed by atoms with Gasteiger partial charge in [-0.3, -0.25) is 14.4 Å². The Morgan fingerprint density at radius 1 is 1.37 bits per heavy atom. The lowest BCUT2D eigenvalue weighted by molar-refractivity contribution is -0.174. The first kappa shape index (κ1) is 21.1. The molecule has 1 aromatic heterocycles. The number of benzene rings is 1. The molecule has 0 unspecified atom stereocenters. The number of fused-ring (bicyclic) bond motifs is 2. The predicted octanol–water partition coefficient (Wildman–Crippen LogP) is 3.39. The minimum absolute atomic E-state index is 0.0201. The van der Waals surface area contributed by atoms with Gasteiger partial charge in [0.05, 0.1) is 28.5 Å². The van der Waals surface area contributed by atoms with Crippen molar-refractivity contribution < 1.29 is 19.1 Å². The maximum absolute atomic E-state index is 12.9. The lowest BCUT2D eigenvalue weighted by Crippen LogP contribution is -2.57. The van der Waals surface area contributed by atoms with Crippen LogP contribution in [0.5, 0.6) is 0 Å². The third kappa shape index (κ3) is 3.58. The Hall–Kier alpha value is -2.13. The molecular formula is C21H25N3O4S2. The number of hydrogen-bond donors (Lipinski definition) is 1. The van der Waals surface area contributed by atoms with Crippen molar-refractivity contribution in [3.8, 4) is 0 Å². The van der Waals surface area contributed by atoms with E-state index in [2.05, 4.69) is 24.1 Å². The molecule has 9 heteroatoms. The van der Waals surface area contributed by atoms with Crippen molar-refractivity contribution in [1.82, 2.24) is 9.88 Å². The average molecular weight is 448 g/mol. The number of amides is 2. The van der Waals surface area contributed by atoms with Gasteiger partial charge in [-0.05, 0) is 36.0 Å². The molecule has 1 aliphatic heterocycles. The van der Waals surface area contributed by atoms with E-state index in [0.717, 1.165) is 26.7 Å². The van der Waals surface area contributed by atoms with Gasteiger partial charge in [-0.15, -0.1) is 11.3 Å². The SMILES string of the molecule is COC(=O)[C@@]12CN(C(=O)CSc3nc4ccc(NC(C)=O)cc4s3)C[C@@H]1C(C)(C)C2. The standard InChI is InChI=1S/C21H25N3O4S2/c1-12(25)22-13-5-6-14-15(7-13)30-19(23-14)29-9-17(26)24-8-16-20(2,3)10-21(16,11-24)18(27)28-4/h5-7,16H,8-11H2,1-4H3,(H,22,25)/t16-,21+/m1/s1. The van der Waals surface area contributed by atoms with E-state index in [0.29, 0.717) is 13.1 Å². The first-order chi connectivity index (χ1) is 14.1. The maximum Gasteiger partial charge on any atom is 0.314 e. The number of methoxy groups -OCH3 is 1. The molecule has 2 fully saturated rings. The van der Waals surface area contributed by atoms with Crippen molar-refractivity contribution in [1.29, 1.82) is 0 Å². The lowest BCUT2D eigenvalue weighted by atomic mass is 9.48. The fourth-order valence-corrected chi connectivity index (χ4v) is 7.03. The number of thioether (sulfide) groups is 1. The van der Waals surface area contributed by atoms with Gasteiger partial charge in [-0.1, -0.05) is 25.6 Å². The van der Waals surface area contributed by atoms with Gasteiger partial charge in [0.25, 0.3) is 0 Å². The van der Waals surface area contributed by atoms with Crippen LogP contribution in [0, 0.1) is 16.7 Å². The van der Waals surface area contributed by atoms with Crippen molar-refractivity contribution in [2.45, 2.75) is 31.5 Å². The molecule has 2 aliphatic rings. The largest absolute Gasteiger partial charge is 0.469 e. The minimum Gasteiger partial charge on any atom is -0.469 e. The molecule has 2 aromatic rings. The Bertz CT molecular complexity index is 1030. The van der Waals surface area contributed by atoms with Gasteiger partial charge in [-0.2, -0.15) is 0 Å². The van der Waals surface area contributed by atoms with Gasteiger partial charge < -0.3 is 15.0 Å². The van der Waals surface area contributed by atoms with Gasteiger partial charge in [0.1, 0.15) is 0 Å². The number of likely N-dealkylation sites (tertiary alicyclic amines) is 1. The topological polar surface area (TPSA) is 88.6 Å². The number of carbonyl (C=O) groups is 3. The highest BCUT2D eigenvalue weighted by Crippen LogP contribution is 2.63. The van der Waals surface area contributed by atoms with Crippen LogP contribution in [0.1, 0.15) is 27.2 Å². The van der Waals surface area contributed by atoms with Crippen molar-refractivity contribution in [3.63, 3.8) is 0 Å². The zero-order valence-corrected chi connectivity index (χ0v) is 19.1. The fraction of sp³-hybridized carbons (Fsp3) is 0.524. The summed E-state index contributed by atoms with van der Waals surface area (Å²) < 4.78 is 6.83. The Balaban J connectivity index is 1.41. The van der Waals surface area contributed by atoms with Crippen molar-refractivity contribution in [3.05, 3.63) is 18.2 Å². The highest BCUT2D eigenvalue weighted by atomic mass is 32.2. The average Bonchev–Trinajstić information content (AvgIpc) is 3.24. The molecule has 30 heavy (non-hydrogen) atoms. The van der Waals surface area contributed by atoms with Crippen LogP contribution in [0.25, 0.3) is 10.2 Å². The second-order valence-corrected chi connectivity index (χ2v) is 11.0. The van der Waals surface area contributed by atoms with Crippen molar-refractivity contribution >= 4 is 56.8 Å². The molecule has 1 aromatic carbocycles. The first-order valence-electron chi connectivity index (χ1n) is 9.82. The highest BCUT2D eigenvalue weighted by Gasteiger charge is 2.67. The number of hydrogen-bond acceptors (Lipinski definition) is 7. The van der Waals surface area contributed by atoms with Crippen LogP contribution >= 0.6 is 23.1 Å². The van der Waals surface area contributed by atoms with Crippen molar-refractivity contribution in [2.24, 2.45) is 16.7 Å². The van der Waals surface area contributed by atoms with Crippen LogP contribution in [-0.4, -0.2) is 53.6 Å². The second kappa shape index (κ2) is 7.53. The second-order valence-electron chi connectivity index (χ2n) is 8.77. The van der Waals surface area contributed by atoms with Crippen LogP contribution < -0.4 is 5.32 Å². The molecule has 1 aliphatic carbocycles. The number of anilines is 1. The molecule has 1 saturated carbocycles. The molecule has 160 valence electrons. The highest BCUT2D eigenvalue weighted by molar-refractivity contribution is 8.01. The van der Waals surface area contributed by atoms with Crippen LogP contribution in [0.4, 0.5) is 5.69 Å². The van der Waals surface area contributed by atoms with Crippen LogP contribution in [0.3, 0.4) is 0 Å². The monoisotopic (exact) mass is 447 g/mol. The number of nitrogens with zero attached hydrogens (tertiary/aromatic N) is 2. The molecule has 1 N–H and O–H groups in total. The van der Waals surface area contributed by atoms with Gasteiger partial charge in [-0.25, -0.2) is 4.98 Å². The maximum atomic E-state index is 12.9. The van der Waals surface area contributed by atoms with E-state index >= 15 is 0 Å². The summed E-state index contributed by atoms with van der Waals surface area (Å²) in [6.45, 7) is 6.81. The molecule has 0 radical (unpaired) electrons. The number of nitrogens with one attached hydrogen (secondary N) is 1. The van der Waals surface area contributed by atoms with Gasteiger partial charge in [0.15, 0.2) is 4.34 Å². The zero-order valence-electron chi connectivity index (χ0n) is 17.5. The Morgan fingerprint density at radius 3 is 2.80 bits per heavy atom. The molecule has 1 saturated heterocycles. The molecule has 0 bridgehead atoms. The molecule has 2 atom stereocenters. The first-order valence-corrected chi connectivity index (χ1v) is 11.6. The van der Waals surface area contributed by atoms with E-state index in [1.54, 1.807) is 0 Å². The number of carbonyl (C=O) groups excluding carboxylic acids is 3. The van der Waals surface area contributed by atoms with E-state index in [-0.39, 0.29) is 34.9 Å². The fourth-order valence-electron chi connectivity index (χ4n) is 5.02. The summed E-state index contributed by atoms with van der Waals surface area (Å²) in [4.78, 5) is 42.9. The summed E-state index contributed by atoms with van der Waals surface area (Å²) in [7, 11) is 1.42. The molecule has 7 nitrogen and oxygen atoms in total. The minimum atomic E-state index is -0.547. The van der Waals surface area contributed by atoms with E-state index in [4.69, 9.17) is 4.74 Å². The van der Waals surface area contributed by atoms with Gasteiger partial charge >= 0.3 is 5.97 Å². The lowest BCUT2D eigenvalue weighted by Gasteiger charge is -2.54. The summed E-state index contributed by atoms with van der Waals surface area (Å²) in [6.07, 6.45) is 0.753. The summed E-state index contributed by atoms with van der Waals surface area (Å²) >= 11 is 2.91. The quantitative estimate of drug-likeness (QED) is 0.558. The van der Waals surface area contributed by atoms with Crippen molar-refractivity contribution in [2.75, 3.05) is 31.3 Å². The summed E-state index contributed by atoms with van der Waals surface area (Å²) in [5.41, 5.74) is 1.06. The van der Waals surface area contributed by atoms with Gasteiger partial charge in [0.2, 0.25) is 11.8 Å². The van der Waals surface area contributed by atoms with Crippen LogP contribution in [0.2, 0.25) is 0 Å². The summed E-state index contributed by atoms with van der Waals surface area (Å²) in [5, 5.41) is 2.77. The molecule has 2 heterocycles. The van der Waals surface area contributed by atoms with E-state index in [1.807, 2.05) is 23.1 Å². The third-order valence-electron chi connectivity index (χ3n) is 6.21. The summed E-state index contributed by atoms with van der Waals surface area (Å²) in [6, 6.07) is 5.57. The van der Waals surface area contributed by atoms with Crippen LogP contribution in [0.15, 0.2) is 22.5 Å². The number of thiazole rings is 1. The Labute approximate surface area is 183 Å². The van der Waals surface area contributed by atoms with E-state index < -0.39 is 5.41 Å². The third-order valence-corrected chi connectivity index (χ3v) is 8.36. The number of esters is 1. The number of rotatable bonds is 5. The number of aromatic nitrogens is 1. The summed E-state index contributed by atoms with van der Waals surface area (Å²) in [5.74, 6) is 0.123. The van der Waals surface area contributed by atoms with Gasteiger partial charge in [0, 0.05) is 25.7 Å². The zero-order chi connectivity index (χ0) is 21.7. The van der Waals surface area contributed by atoms with E-state index in [1.165, 1.54) is 37.1 Å². The van der Waals surface area contributed by atoms with E-state index in [9.17, 15) is 14.4 Å². The predicted molar refractivity (Wildman–Crippen MR) is 118 cm³/mol. The number of ether oxygens (including phenoxy) is 1. The van der Waals surface area contributed by atoms with Crippen LogP contribution in [-0.2, 0) is 19.1 Å². The Morgan fingerprint density at radius 2 is 2.13 bits per heavy atom. The smallest absolute Gasteiger partial charge is 0.314 e. The molecule has 2 amide bonds.